The monoisotopic (exact) mass is 437 g/mol. The minimum absolute atomic E-state index is 0.179. The molecule has 32 heavy (non-hydrogen) atoms. The minimum Gasteiger partial charge on any atom is -0.493 e. The molecule has 2 aliphatic rings. The topological polar surface area (TPSA) is 82.4 Å². The number of halogens is 1. The maximum absolute atomic E-state index is 13.9. The second-order valence-corrected chi connectivity index (χ2v) is 8.18. The van der Waals surface area contributed by atoms with E-state index in [2.05, 4.69) is 9.97 Å². The molecule has 5 rings (SSSR count). The Hall–Kier alpha value is -3.33. The summed E-state index contributed by atoms with van der Waals surface area (Å²) in [5.74, 6) is 1.26. The average molecular weight is 437 g/mol. The highest BCUT2D eigenvalue weighted by molar-refractivity contribution is 5.55. The Morgan fingerprint density at radius 3 is 2.88 bits per heavy atom. The van der Waals surface area contributed by atoms with Crippen LogP contribution in [-0.4, -0.2) is 45.8 Å². The summed E-state index contributed by atoms with van der Waals surface area (Å²) >= 11 is 0. The fraction of sp³-hybridized carbons (Fsp3) is 0.391. The zero-order valence-corrected chi connectivity index (χ0v) is 17.8. The number of hydrogen-bond acceptors (Lipinski definition) is 7. The van der Waals surface area contributed by atoms with Crippen molar-refractivity contribution in [3.8, 4) is 17.1 Å². The maximum atomic E-state index is 13.9. The highest BCUT2D eigenvalue weighted by Crippen LogP contribution is 2.35. The summed E-state index contributed by atoms with van der Waals surface area (Å²) in [6, 6.07) is 7.74. The lowest BCUT2D eigenvalue weighted by atomic mass is 10.1. The van der Waals surface area contributed by atoms with E-state index in [0.717, 1.165) is 18.4 Å². The Morgan fingerprint density at radius 2 is 2.09 bits per heavy atom. The van der Waals surface area contributed by atoms with Crippen molar-refractivity contribution in [3.05, 3.63) is 64.6 Å². The van der Waals surface area contributed by atoms with Crippen LogP contribution >= 0.6 is 0 Å². The van der Waals surface area contributed by atoms with E-state index in [0.29, 0.717) is 55.3 Å². The van der Waals surface area contributed by atoms with E-state index >= 15 is 0 Å². The maximum Gasteiger partial charge on any atom is 0.255 e. The predicted molar refractivity (Wildman–Crippen MR) is 116 cm³/mol. The van der Waals surface area contributed by atoms with Crippen LogP contribution < -0.4 is 15.2 Å². The molecule has 0 bridgehead atoms. The minimum atomic E-state index is -0.339. The van der Waals surface area contributed by atoms with E-state index in [4.69, 9.17) is 14.5 Å². The van der Waals surface area contributed by atoms with Gasteiger partial charge in [-0.1, -0.05) is 0 Å². The van der Waals surface area contributed by atoms with E-state index in [1.54, 1.807) is 25.4 Å². The number of benzene rings is 1. The Labute approximate surface area is 184 Å². The molecule has 0 amide bonds. The molecule has 0 N–H and O–H groups in total. The highest BCUT2D eigenvalue weighted by Gasteiger charge is 2.29. The first-order chi connectivity index (χ1) is 15.6. The van der Waals surface area contributed by atoms with Crippen LogP contribution in [0.4, 0.5) is 10.3 Å². The molecule has 1 unspecified atom stereocenters. The third-order valence-electron chi connectivity index (χ3n) is 5.80. The molecule has 1 atom stereocenters. The molecule has 1 aliphatic carbocycles. The van der Waals surface area contributed by atoms with Crippen molar-refractivity contribution in [2.75, 3.05) is 31.2 Å². The Morgan fingerprint density at radius 1 is 1.22 bits per heavy atom. The molecule has 8 nitrogen and oxygen atoms in total. The molecular weight excluding hydrogens is 413 g/mol. The number of morpholine rings is 1. The summed E-state index contributed by atoms with van der Waals surface area (Å²) in [7, 11) is 1.70. The van der Waals surface area contributed by atoms with Crippen molar-refractivity contribution >= 4 is 5.95 Å². The van der Waals surface area contributed by atoms with Crippen LogP contribution in [0.1, 0.15) is 24.5 Å². The van der Waals surface area contributed by atoms with Gasteiger partial charge in [0.25, 0.3) is 5.56 Å². The van der Waals surface area contributed by atoms with Gasteiger partial charge < -0.3 is 14.4 Å². The second-order valence-electron chi connectivity index (χ2n) is 8.18. The SMILES string of the molecule is Cn1c(N2CCOC(c3ccc(F)cc3OCC3CC3)C2)nc(-c2ccncn2)cc1=O. The van der Waals surface area contributed by atoms with Gasteiger partial charge in [0, 0.05) is 37.5 Å². The Balaban J connectivity index is 1.43. The van der Waals surface area contributed by atoms with Crippen LogP contribution in [0, 0.1) is 11.7 Å². The summed E-state index contributed by atoms with van der Waals surface area (Å²) in [6.07, 6.45) is 5.01. The van der Waals surface area contributed by atoms with Gasteiger partial charge in [0.05, 0.1) is 31.1 Å². The molecule has 1 saturated heterocycles. The molecule has 1 aromatic carbocycles. The van der Waals surface area contributed by atoms with E-state index < -0.39 is 0 Å². The lowest BCUT2D eigenvalue weighted by molar-refractivity contribution is 0.0369. The standard InChI is InChI=1S/C23H24FN5O3/c1-28-22(30)11-19(18-6-7-25-14-26-18)27-23(28)29-8-9-31-21(12-29)17-5-4-16(24)10-20(17)32-13-15-2-3-15/h4-7,10-11,14-15,21H,2-3,8-9,12-13H2,1H3. The number of ether oxygens (including phenoxy) is 2. The van der Waals surface area contributed by atoms with Crippen LogP contribution in [0.3, 0.4) is 0 Å². The fourth-order valence-electron chi connectivity index (χ4n) is 3.79. The van der Waals surface area contributed by atoms with Crippen molar-refractivity contribution < 1.29 is 13.9 Å². The van der Waals surface area contributed by atoms with Crippen molar-refractivity contribution in [1.82, 2.24) is 19.5 Å². The summed E-state index contributed by atoms with van der Waals surface area (Å²) in [5, 5.41) is 0. The first-order valence-electron chi connectivity index (χ1n) is 10.7. The zero-order valence-electron chi connectivity index (χ0n) is 17.8. The molecule has 2 fully saturated rings. The number of nitrogens with zero attached hydrogens (tertiary/aromatic N) is 5. The van der Waals surface area contributed by atoms with Gasteiger partial charge in [-0.3, -0.25) is 9.36 Å². The lowest BCUT2D eigenvalue weighted by Gasteiger charge is -2.35. The number of aromatic nitrogens is 4. The molecule has 166 valence electrons. The predicted octanol–water partition coefficient (Wildman–Crippen LogP) is 2.74. The zero-order chi connectivity index (χ0) is 22.1. The van der Waals surface area contributed by atoms with Gasteiger partial charge in [-0.25, -0.2) is 19.3 Å². The summed E-state index contributed by atoms with van der Waals surface area (Å²) < 4.78 is 27.4. The third kappa shape index (κ3) is 4.34. The number of anilines is 1. The van der Waals surface area contributed by atoms with Crippen LogP contribution in [0.25, 0.3) is 11.4 Å². The first-order valence-corrected chi connectivity index (χ1v) is 10.7. The normalized spacial score (nSPS) is 18.6. The molecule has 2 aromatic heterocycles. The van der Waals surface area contributed by atoms with Gasteiger partial charge in [0.2, 0.25) is 5.95 Å². The van der Waals surface area contributed by atoms with Crippen LogP contribution in [0.15, 0.2) is 47.7 Å². The van der Waals surface area contributed by atoms with E-state index in [-0.39, 0.29) is 17.5 Å². The molecule has 3 aromatic rings. The molecule has 1 saturated carbocycles. The van der Waals surface area contributed by atoms with Crippen LogP contribution in [-0.2, 0) is 11.8 Å². The molecule has 9 heteroatoms. The highest BCUT2D eigenvalue weighted by atomic mass is 19.1. The summed E-state index contributed by atoms with van der Waals surface area (Å²) in [5.41, 5.74) is 1.69. The van der Waals surface area contributed by atoms with Crippen molar-refractivity contribution in [1.29, 1.82) is 0 Å². The van der Waals surface area contributed by atoms with Crippen LogP contribution in [0.5, 0.6) is 5.75 Å². The van der Waals surface area contributed by atoms with E-state index in [1.165, 1.54) is 29.1 Å². The van der Waals surface area contributed by atoms with Gasteiger partial charge in [0.1, 0.15) is 24.0 Å². The summed E-state index contributed by atoms with van der Waals surface area (Å²) in [6.45, 7) is 2.06. The van der Waals surface area contributed by atoms with Crippen molar-refractivity contribution in [2.45, 2.75) is 18.9 Å². The molecule has 0 radical (unpaired) electrons. The van der Waals surface area contributed by atoms with Crippen molar-refractivity contribution in [3.63, 3.8) is 0 Å². The van der Waals surface area contributed by atoms with Gasteiger partial charge in [-0.2, -0.15) is 0 Å². The van der Waals surface area contributed by atoms with Crippen molar-refractivity contribution in [2.24, 2.45) is 13.0 Å². The molecule has 0 spiro atoms. The van der Waals surface area contributed by atoms with E-state index in [9.17, 15) is 9.18 Å². The third-order valence-corrected chi connectivity index (χ3v) is 5.80. The Bertz CT molecular complexity index is 1170. The summed E-state index contributed by atoms with van der Waals surface area (Å²) in [4.78, 5) is 27.5. The number of rotatable bonds is 6. The molecular formula is C23H24FN5O3. The average Bonchev–Trinajstić information content (AvgIpc) is 3.65. The molecule has 3 heterocycles. The van der Waals surface area contributed by atoms with Gasteiger partial charge in [-0.15, -0.1) is 0 Å². The molecule has 1 aliphatic heterocycles. The number of hydrogen-bond donors (Lipinski definition) is 0. The largest absolute Gasteiger partial charge is 0.493 e. The van der Waals surface area contributed by atoms with Gasteiger partial charge in [0.15, 0.2) is 0 Å². The Kier molecular flexibility index (Phi) is 5.57. The van der Waals surface area contributed by atoms with Gasteiger partial charge in [-0.05, 0) is 37.0 Å². The first kappa shape index (κ1) is 20.6. The lowest BCUT2D eigenvalue weighted by Crippen LogP contribution is -2.41. The quantitative estimate of drug-likeness (QED) is 0.586. The smallest absolute Gasteiger partial charge is 0.255 e. The van der Waals surface area contributed by atoms with E-state index in [1.807, 2.05) is 4.90 Å². The van der Waals surface area contributed by atoms with Crippen LogP contribution in [0.2, 0.25) is 0 Å². The fourth-order valence-corrected chi connectivity index (χ4v) is 3.79. The second kappa shape index (κ2) is 8.66. The van der Waals surface area contributed by atoms with Gasteiger partial charge >= 0.3 is 0 Å².